The highest BCUT2D eigenvalue weighted by atomic mass is 19.3. The lowest BCUT2D eigenvalue weighted by molar-refractivity contribution is -0.117. The van der Waals surface area contributed by atoms with Gasteiger partial charge >= 0.3 is 5.97 Å². The van der Waals surface area contributed by atoms with E-state index in [1.807, 2.05) is 0 Å². The molecule has 0 aliphatic carbocycles. The second kappa shape index (κ2) is 5.40. The van der Waals surface area contributed by atoms with Crippen molar-refractivity contribution >= 4 is 22.7 Å². The second-order valence-corrected chi connectivity index (χ2v) is 7.02. The molecule has 24 heavy (non-hydrogen) atoms. The highest BCUT2D eigenvalue weighted by molar-refractivity contribution is 6.05. The van der Waals surface area contributed by atoms with E-state index in [1.165, 1.54) is 13.8 Å². The quantitative estimate of drug-likeness (QED) is 0.898. The molecule has 6 heteroatoms. The molecule has 4 nitrogen and oxygen atoms in total. The number of piperidine rings is 1. The molecule has 0 amide bonds. The molecule has 1 saturated heterocycles. The van der Waals surface area contributed by atoms with Gasteiger partial charge < -0.3 is 10.0 Å². The number of aromatic nitrogens is 1. The molecule has 1 aliphatic heterocycles. The molecular formula is C18H20F2N2O2. The van der Waals surface area contributed by atoms with E-state index in [4.69, 9.17) is 0 Å². The van der Waals surface area contributed by atoms with Gasteiger partial charge in [0.25, 0.3) is 5.92 Å². The minimum atomic E-state index is -2.75. The number of pyridine rings is 1. The van der Waals surface area contributed by atoms with Crippen LogP contribution in [0, 0.1) is 12.3 Å². The number of carboxylic acid groups (broad SMARTS) is 1. The number of carboxylic acids is 1. The van der Waals surface area contributed by atoms with Crippen LogP contribution < -0.4 is 4.90 Å². The maximum Gasteiger partial charge on any atom is 0.336 e. The van der Waals surface area contributed by atoms with Gasteiger partial charge in [0.05, 0.1) is 11.1 Å². The van der Waals surface area contributed by atoms with E-state index < -0.39 is 17.3 Å². The molecule has 0 spiro atoms. The predicted octanol–water partition coefficient (Wildman–Crippen LogP) is 4.11. The van der Waals surface area contributed by atoms with E-state index in [-0.39, 0.29) is 25.1 Å². The number of benzene rings is 1. The number of nitrogens with zero attached hydrogens (tertiary/aromatic N) is 2. The Labute approximate surface area is 139 Å². The Hall–Kier alpha value is -2.24. The zero-order valence-corrected chi connectivity index (χ0v) is 13.9. The summed E-state index contributed by atoms with van der Waals surface area (Å²) in [4.78, 5) is 18.1. The van der Waals surface area contributed by atoms with Crippen LogP contribution >= 0.6 is 0 Å². The average Bonchev–Trinajstić information content (AvgIpc) is 2.49. The van der Waals surface area contributed by atoms with E-state index in [9.17, 15) is 18.7 Å². The first-order valence-corrected chi connectivity index (χ1v) is 7.89. The molecule has 0 radical (unpaired) electrons. The summed E-state index contributed by atoms with van der Waals surface area (Å²) in [5.41, 5.74) is 0.0626. The number of carbonyl (C=O) groups is 1. The van der Waals surface area contributed by atoms with Gasteiger partial charge in [0.2, 0.25) is 0 Å². The van der Waals surface area contributed by atoms with Crippen molar-refractivity contribution in [2.24, 2.45) is 5.41 Å². The van der Waals surface area contributed by atoms with Crippen LogP contribution in [0.2, 0.25) is 0 Å². The fourth-order valence-corrected chi connectivity index (χ4v) is 3.34. The van der Waals surface area contributed by atoms with Crippen LogP contribution in [0.3, 0.4) is 0 Å². The summed E-state index contributed by atoms with van der Waals surface area (Å²) in [6, 6.07) is 7.01. The summed E-state index contributed by atoms with van der Waals surface area (Å²) in [6.07, 6.45) is -0.268. The van der Waals surface area contributed by atoms with Crippen molar-refractivity contribution in [2.45, 2.75) is 33.1 Å². The average molecular weight is 334 g/mol. The Bertz CT molecular complexity index is 818. The Morgan fingerprint density at radius 2 is 1.96 bits per heavy atom. The van der Waals surface area contributed by atoms with Crippen LogP contribution in [-0.2, 0) is 0 Å². The third-order valence-corrected chi connectivity index (χ3v) is 4.90. The van der Waals surface area contributed by atoms with Gasteiger partial charge in [-0.1, -0.05) is 32.0 Å². The lowest BCUT2D eigenvalue weighted by atomic mass is 9.80. The molecular weight excluding hydrogens is 314 g/mol. The number of para-hydroxylation sites is 1. The molecule has 2 aromatic rings. The van der Waals surface area contributed by atoms with Gasteiger partial charge in [0, 0.05) is 35.9 Å². The van der Waals surface area contributed by atoms with E-state index in [2.05, 4.69) is 4.98 Å². The predicted molar refractivity (Wildman–Crippen MR) is 89.0 cm³/mol. The van der Waals surface area contributed by atoms with E-state index in [1.54, 1.807) is 36.1 Å². The van der Waals surface area contributed by atoms with Crippen molar-refractivity contribution in [1.29, 1.82) is 0 Å². The molecule has 0 unspecified atom stereocenters. The highest BCUT2D eigenvalue weighted by Crippen LogP contribution is 2.44. The Morgan fingerprint density at radius 3 is 2.58 bits per heavy atom. The number of hydrogen-bond donors (Lipinski definition) is 1. The lowest BCUT2D eigenvalue weighted by Crippen LogP contribution is -2.53. The molecule has 128 valence electrons. The van der Waals surface area contributed by atoms with Gasteiger partial charge in [-0.05, 0) is 13.0 Å². The largest absolute Gasteiger partial charge is 0.478 e. The summed E-state index contributed by atoms with van der Waals surface area (Å²) in [6.45, 7) is 5.05. The van der Waals surface area contributed by atoms with Gasteiger partial charge in [-0.3, -0.25) is 0 Å². The third kappa shape index (κ3) is 2.50. The van der Waals surface area contributed by atoms with E-state index in [0.29, 0.717) is 22.3 Å². The molecule has 0 atom stereocenters. The lowest BCUT2D eigenvalue weighted by Gasteiger charge is -2.44. The van der Waals surface area contributed by atoms with Crippen molar-refractivity contribution in [3.05, 3.63) is 35.4 Å². The van der Waals surface area contributed by atoms with Crippen LogP contribution in [0.25, 0.3) is 10.9 Å². The van der Waals surface area contributed by atoms with E-state index >= 15 is 0 Å². The van der Waals surface area contributed by atoms with Crippen LogP contribution in [0.4, 0.5) is 14.6 Å². The van der Waals surface area contributed by atoms with Gasteiger partial charge in [0.15, 0.2) is 0 Å². The summed E-state index contributed by atoms with van der Waals surface area (Å²) >= 11 is 0. The fraction of sp³-hybridized carbons (Fsp3) is 0.444. The van der Waals surface area contributed by atoms with Crippen LogP contribution in [0.1, 0.15) is 36.2 Å². The van der Waals surface area contributed by atoms with Crippen molar-refractivity contribution in [3.63, 3.8) is 0 Å². The van der Waals surface area contributed by atoms with Crippen molar-refractivity contribution in [1.82, 2.24) is 4.98 Å². The van der Waals surface area contributed by atoms with Crippen LogP contribution in [0.5, 0.6) is 0 Å². The van der Waals surface area contributed by atoms with Crippen molar-refractivity contribution in [2.75, 3.05) is 18.0 Å². The standard InChI is InChI=1S/C18H20F2N2O2/c1-11-14(16(23)24)12-6-4-5-7-13(12)21-15(11)22-9-8-18(19,20)17(2,3)10-22/h4-7H,8-10H2,1-3H3,(H,23,24). The van der Waals surface area contributed by atoms with Gasteiger partial charge in [-0.2, -0.15) is 0 Å². The minimum Gasteiger partial charge on any atom is -0.478 e. The molecule has 0 bridgehead atoms. The molecule has 1 fully saturated rings. The zero-order chi connectivity index (χ0) is 17.7. The normalized spacial score (nSPS) is 19.5. The molecule has 3 rings (SSSR count). The van der Waals surface area contributed by atoms with Gasteiger partial charge in [0.1, 0.15) is 5.82 Å². The fourth-order valence-electron chi connectivity index (χ4n) is 3.34. The molecule has 0 saturated carbocycles. The molecule has 1 aliphatic rings. The number of halogens is 2. The van der Waals surface area contributed by atoms with Crippen molar-refractivity contribution in [3.8, 4) is 0 Å². The smallest absolute Gasteiger partial charge is 0.336 e. The minimum absolute atomic E-state index is 0.130. The Balaban J connectivity index is 2.14. The van der Waals surface area contributed by atoms with Crippen LogP contribution in [-0.4, -0.2) is 35.1 Å². The molecule has 1 aromatic carbocycles. The number of anilines is 1. The first-order chi connectivity index (χ1) is 11.1. The monoisotopic (exact) mass is 334 g/mol. The first-order valence-electron chi connectivity index (χ1n) is 7.89. The summed E-state index contributed by atoms with van der Waals surface area (Å²) in [5.74, 6) is -3.30. The molecule has 2 heterocycles. The highest BCUT2D eigenvalue weighted by Gasteiger charge is 2.50. The number of fused-ring (bicyclic) bond motifs is 1. The van der Waals surface area contributed by atoms with Crippen LogP contribution in [0.15, 0.2) is 24.3 Å². The SMILES string of the molecule is Cc1c(N2CCC(F)(F)C(C)(C)C2)nc2ccccc2c1C(=O)O. The molecule has 1 N–H and O–H groups in total. The summed E-state index contributed by atoms with van der Waals surface area (Å²) < 4.78 is 28.2. The Morgan fingerprint density at radius 1 is 1.29 bits per heavy atom. The zero-order valence-electron chi connectivity index (χ0n) is 13.9. The maximum absolute atomic E-state index is 14.1. The number of alkyl halides is 2. The number of hydrogen-bond acceptors (Lipinski definition) is 3. The Kier molecular flexibility index (Phi) is 3.73. The summed E-state index contributed by atoms with van der Waals surface area (Å²) in [7, 11) is 0. The van der Waals surface area contributed by atoms with Crippen molar-refractivity contribution < 1.29 is 18.7 Å². The molecule has 1 aromatic heterocycles. The number of rotatable bonds is 2. The second-order valence-electron chi connectivity index (χ2n) is 7.02. The number of aromatic carboxylic acids is 1. The topological polar surface area (TPSA) is 53.4 Å². The first kappa shape index (κ1) is 16.6. The van der Waals surface area contributed by atoms with Gasteiger partial charge in [-0.25, -0.2) is 18.6 Å². The van der Waals surface area contributed by atoms with E-state index in [0.717, 1.165) is 0 Å². The summed E-state index contributed by atoms with van der Waals surface area (Å²) in [5, 5.41) is 10.2. The third-order valence-electron chi connectivity index (χ3n) is 4.90. The maximum atomic E-state index is 14.1. The van der Waals surface area contributed by atoms with Gasteiger partial charge in [-0.15, -0.1) is 0 Å².